The van der Waals surface area contributed by atoms with Crippen molar-refractivity contribution in [3.05, 3.63) is 174 Å². The van der Waals surface area contributed by atoms with E-state index in [1.54, 1.807) is 0 Å². The molecular weight excluding hydrogens is 803 g/mol. The summed E-state index contributed by atoms with van der Waals surface area (Å²) in [7, 11) is 0. The Kier molecular flexibility index (Phi) is 7.24. The average molecular weight is 853 g/mol. The summed E-state index contributed by atoms with van der Waals surface area (Å²) >= 11 is 0. The molecule has 0 saturated heterocycles. The zero-order valence-electron chi connectivity index (χ0n) is 38.7. The lowest BCUT2D eigenvalue weighted by molar-refractivity contribution is 0.590. The van der Waals surface area contributed by atoms with E-state index < -0.39 is 0 Å². The van der Waals surface area contributed by atoms with Crippen LogP contribution in [0.5, 0.6) is 0 Å². The SMILES string of the molecule is CC(C)(C)c1ccc(N2B3c4oc5cc(-c6ccccc6)ccc5c4-n4c5ccc(C(C)(C)C)cc5c5c6oc7ccccc7c6c(c3c54)-c3cc4c(cc32)-c2ccccc2C4(C)C)cc1. The zero-order chi connectivity index (χ0) is 44.8. The van der Waals surface area contributed by atoms with Gasteiger partial charge < -0.3 is 18.2 Å². The fourth-order valence-corrected chi connectivity index (χ4v) is 12.1. The predicted molar refractivity (Wildman–Crippen MR) is 277 cm³/mol. The predicted octanol–water partition coefficient (Wildman–Crippen LogP) is 15.2. The van der Waals surface area contributed by atoms with E-state index in [1.807, 2.05) is 0 Å². The van der Waals surface area contributed by atoms with Crippen LogP contribution in [-0.4, -0.2) is 11.4 Å². The van der Waals surface area contributed by atoms with E-state index in [-0.39, 0.29) is 23.1 Å². The molecule has 0 saturated carbocycles. The number of fused-ring (bicyclic) bond motifs is 18. The van der Waals surface area contributed by atoms with Gasteiger partial charge in [-0.25, -0.2) is 0 Å². The first-order chi connectivity index (χ1) is 31.8. The molecule has 0 radical (unpaired) electrons. The average Bonchev–Trinajstić information content (AvgIpc) is 4.04. The fourth-order valence-electron chi connectivity index (χ4n) is 12.1. The van der Waals surface area contributed by atoms with E-state index >= 15 is 0 Å². The summed E-state index contributed by atoms with van der Waals surface area (Å²) < 4.78 is 17.4. The Hall–Kier alpha value is -7.24. The number of hydrogen-bond donors (Lipinski definition) is 0. The van der Waals surface area contributed by atoms with Crippen LogP contribution in [0.15, 0.2) is 160 Å². The number of hydrogen-bond acceptors (Lipinski definition) is 3. The summed E-state index contributed by atoms with van der Waals surface area (Å²) in [5, 5.41) is 5.75. The van der Waals surface area contributed by atoms with Gasteiger partial charge in [0, 0.05) is 43.9 Å². The Morgan fingerprint density at radius 3 is 2.05 bits per heavy atom. The van der Waals surface area contributed by atoms with Gasteiger partial charge in [-0.1, -0.05) is 152 Å². The Morgan fingerprint density at radius 2 is 1.26 bits per heavy atom. The summed E-state index contributed by atoms with van der Waals surface area (Å²) in [5.74, 6) is 0. The third kappa shape index (κ3) is 4.85. The molecular formula is C61H49BN2O2. The van der Waals surface area contributed by atoms with Gasteiger partial charge in [-0.05, 0) is 121 Å². The molecule has 3 aromatic heterocycles. The second-order valence-corrected chi connectivity index (χ2v) is 21.7. The van der Waals surface area contributed by atoms with Crippen LogP contribution in [0.2, 0.25) is 0 Å². The maximum Gasteiger partial charge on any atom is 0.376 e. The molecule has 3 aliphatic rings. The molecule has 66 heavy (non-hydrogen) atoms. The molecule has 0 amide bonds. The smallest absolute Gasteiger partial charge is 0.376 e. The minimum atomic E-state index is -0.308. The molecule has 11 aromatic rings. The van der Waals surface area contributed by atoms with Crippen molar-refractivity contribution in [2.24, 2.45) is 0 Å². The molecule has 1 aliphatic carbocycles. The topological polar surface area (TPSA) is 34.5 Å². The molecule has 0 fully saturated rings. The second-order valence-electron chi connectivity index (χ2n) is 21.7. The number of aromatic nitrogens is 1. The highest BCUT2D eigenvalue weighted by Crippen LogP contribution is 2.57. The minimum absolute atomic E-state index is 0.00120. The lowest BCUT2D eigenvalue weighted by atomic mass is 9.46. The molecule has 5 heterocycles. The maximum absolute atomic E-state index is 7.55. The van der Waals surface area contributed by atoms with Gasteiger partial charge in [0.15, 0.2) is 0 Å². The van der Waals surface area contributed by atoms with Crippen molar-refractivity contribution in [3.8, 4) is 39.1 Å². The first-order valence-electron chi connectivity index (χ1n) is 23.5. The van der Waals surface area contributed by atoms with E-state index in [2.05, 4.69) is 216 Å². The number of furan rings is 2. The molecule has 14 rings (SSSR count). The van der Waals surface area contributed by atoms with E-state index in [0.29, 0.717) is 0 Å². The summed E-state index contributed by atoms with van der Waals surface area (Å²) in [5.41, 5.74) is 23.1. The maximum atomic E-state index is 7.55. The van der Waals surface area contributed by atoms with Crippen molar-refractivity contribution < 1.29 is 8.83 Å². The van der Waals surface area contributed by atoms with E-state index in [0.717, 1.165) is 61.0 Å². The summed E-state index contributed by atoms with van der Waals surface area (Å²) in [6.07, 6.45) is 0. The summed E-state index contributed by atoms with van der Waals surface area (Å²) in [6.45, 7) is 18.3. The van der Waals surface area contributed by atoms with Gasteiger partial charge in [0.2, 0.25) is 0 Å². The number of para-hydroxylation sites is 1. The normalized spacial score (nSPS) is 14.7. The molecule has 0 N–H and O–H groups in total. The summed E-state index contributed by atoms with van der Waals surface area (Å²) in [6, 6.07) is 56.7. The van der Waals surface area contributed by atoms with Gasteiger partial charge in [0.1, 0.15) is 22.4 Å². The van der Waals surface area contributed by atoms with Crippen molar-refractivity contribution >= 4 is 84.1 Å². The molecule has 0 atom stereocenters. The Bertz CT molecular complexity index is 3920. The standard InChI is InChI=1S/C61H49BN2O2/c1-59(2,3)36-23-26-38(27-24-36)64-48-33-42-39-18-12-14-20-45(39)61(7,8)46(42)32-44(48)51-52-40-19-13-15-21-49(40)65-57(52)53-43-31-37(60(4,5)6)25-29-47(43)63-55-41-28-22-35(34-16-10-9-11-17-34)30-50(41)66-58(55)62(64)54(51)56(53)63/h9-33H,1-8H3. The number of nitrogens with zero attached hydrogens (tertiary/aromatic N) is 2. The van der Waals surface area contributed by atoms with Crippen LogP contribution in [0.4, 0.5) is 11.4 Å². The van der Waals surface area contributed by atoms with Crippen LogP contribution in [0.25, 0.3) is 93.8 Å². The zero-order valence-corrected chi connectivity index (χ0v) is 38.7. The van der Waals surface area contributed by atoms with Crippen LogP contribution < -0.4 is 15.9 Å². The second kappa shape index (κ2) is 12.6. The number of benzene rings is 8. The van der Waals surface area contributed by atoms with Crippen molar-refractivity contribution in [3.63, 3.8) is 0 Å². The lowest BCUT2D eigenvalue weighted by Gasteiger charge is -2.41. The Balaban J connectivity index is 1.21. The number of anilines is 2. The van der Waals surface area contributed by atoms with E-state index in [9.17, 15) is 0 Å². The molecule has 2 aliphatic heterocycles. The molecule has 8 aromatic carbocycles. The van der Waals surface area contributed by atoms with Gasteiger partial charge in [-0.15, -0.1) is 0 Å². The quantitative estimate of drug-likeness (QED) is 0.163. The van der Waals surface area contributed by atoms with Gasteiger partial charge >= 0.3 is 6.85 Å². The van der Waals surface area contributed by atoms with E-state index in [4.69, 9.17) is 8.83 Å². The highest BCUT2D eigenvalue weighted by Gasteiger charge is 2.50. The van der Waals surface area contributed by atoms with E-state index in [1.165, 1.54) is 77.5 Å². The van der Waals surface area contributed by atoms with Crippen LogP contribution in [-0.2, 0) is 16.2 Å². The Morgan fingerprint density at radius 1 is 0.530 bits per heavy atom. The van der Waals surface area contributed by atoms with Crippen LogP contribution in [0.1, 0.15) is 77.6 Å². The lowest BCUT2D eigenvalue weighted by Crippen LogP contribution is -2.60. The third-order valence-electron chi connectivity index (χ3n) is 15.5. The first kappa shape index (κ1) is 38.1. The van der Waals surface area contributed by atoms with Gasteiger partial charge in [0.25, 0.3) is 0 Å². The molecule has 0 unspecified atom stereocenters. The Labute approximate surface area is 385 Å². The van der Waals surface area contributed by atoms with Crippen LogP contribution in [0.3, 0.4) is 0 Å². The van der Waals surface area contributed by atoms with Crippen molar-refractivity contribution in [1.29, 1.82) is 0 Å². The summed E-state index contributed by atoms with van der Waals surface area (Å²) in [4.78, 5) is 2.62. The molecule has 318 valence electrons. The fraction of sp³-hybridized carbons (Fsp3) is 0.180. The first-order valence-corrected chi connectivity index (χ1v) is 23.5. The minimum Gasteiger partial charge on any atom is -0.466 e. The van der Waals surface area contributed by atoms with Crippen LogP contribution >= 0.6 is 0 Å². The molecule has 0 spiro atoms. The van der Waals surface area contributed by atoms with Gasteiger partial charge in [0.05, 0.1) is 22.1 Å². The van der Waals surface area contributed by atoms with Crippen molar-refractivity contribution in [1.82, 2.24) is 4.57 Å². The highest BCUT2D eigenvalue weighted by molar-refractivity contribution is 6.93. The highest BCUT2D eigenvalue weighted by atomic mass is 16.3. The monoisotopic (exact) mass is 852 g/mol. The molecule has 4 nitrogen and oxygen atoms in total. The third-order valence-corrected chi connectivity index (χ3v) is 15.5. The van der Waals surface area contributed by atoms with Crippen LogP contribution in [0, 0.1) is 0 Å². The van der Waals surface area contributed by atoms with Gasteiger partial charge in [-0.2, -0.15) is 0 Å². The molecule has 5 heteroatoms. The van der Waals surface area contributed by atoms with Crippen molar-refractivity contribution in [2.75, 3.05) is 4.81 Å². The number of rotatable bonds is 2. The van der Waals surface area contributed by atoms with Crippen molar-refractivity contribution in [2.45, 2.75) is 71.6 Å². The largest absolute Gasteiger partial charge is 0.466 e. The van der Waals surface area contributed by atoms with Gasteiger partial charge in [-0.3, -0.25) is 0 Å². The molecule has 0 bridgehead atoms.